The molecule has 0 spiro atoms. The Kier molecular flexibility index (Phi) is 9.27. The number of unbranched alkanes of at least 4 members (excludes halogenated alkanes) is 2. The summed E-state index contributed by atoms with van der Waals surface area (Å²) in [5.41, 5.74) is 5.21. The fraction of sp³-hybridized carbons (Fsp3) is 0.455. The van der Waals surface area contributed by atoms with E-state index in [-0.39, 0.29) is 0 Å². The third-order valence-corrected chi connectivity index (χ3v) is 1.86. The first-order chi connectivity index (χ1) is 6.31. The van der Waals surface area contributed by atoms with E-state index in [0.717, 1.165) is 11.4 Å². The quantitative estimate of drug-likeness (QED) is 0.565. The number of benzene rings is 1. The highest BCUT2D eigenvalue weighted by Crippen LogP contribution is 2.00. The smallest absolute Gasteiger partial charge is 0.00399 e. The molecule has 0 unspecified atom stereocenters. The van der Waals surface area contributed by atoms with Gasteiger partial charge in [-0.2, -0.15) is 0 Å². The van der Waals surface area contributed by atoms with Gasteiger partial charge in [-0.15, -0.1) is 12.6 Å². The van der Waals surface area contributed by atoms with Crippen molar-refractivity contribution in [3.05, 3.63) is 30.3 Å². The van der Waals surface area contributed by atoms with E-state index in [1.807, 2.05) is 30.3 Å². The normalized spacial score (nSPS) is 8.85. The lowest BCUT2D eigenvalue weighted by Crippen LogP contribution is -1.96. The fourth-order valence-electron chi connectivity index (χ4n) is 0.822. The van der Waals surface area contributed by atoms with Crippen molar-refractivity contribution in [1.82, 2.24) is 0 Å². The van der Waals surface area contributed by atoms with E-state index < -0.39 is 0 Å². The van der Waals surface area contributed by atoms with Gasteiger partial charge < -0.3 is 5.73 Å². The van der Waals surface area contributed by atoms with Crippen LogP contribution in [0.25, 0.3) is 0 Å². The molecule has 1 rings (SSSR count). The average Bonchev–Trinajstić information content (AvgIpc) is 2.17. The monoisotopic (exact) mass is 197 g/mol. The first-order valence-electron chi connectivity index (χ1n) is 4.75. The van der Waals surface area contributed by atoms with Crippen LogP contribution in [0.1, 0.15) is 26.2 Å². The second-order valence-electron chi connectivity index (χ2n) is 2.83. The maximum Gasteiger partial charge on any atom is 0.00399 e. The summed E-state index contributed by atoms with van der Waals surface area (Å²) in [7, 11) is 0. The Bertz CT molecular complexity index is 183. The van der Waals surface area contributed by atoms with Crippen molar-refractivity contribution in [2.75, 3.05) is 6.54 Å². The van der Waals surface area contributed by atoms with E-state index in [1.54, 1.807) is 0 Å². The molecule has 1 aromatic carbocycles. The lowest BCUT2D eigenvalue weighted by atomic mass is 10.3. The van der Waals surface area contributed by atoms with Crippen LogP contribution in [0.2, 0.25) is 0 Å². The summed E-state index contributed by atoms with van der Waals surface area (Å²) in [6, 6.07) is 9.79. The topological polar surface area (TPSA) is 26.0 Å². The number of hydrogen-bond acceptors (Lipinski definition) is 2. The molecule has 74 valence electrons. The first-order valence-corrected chi connectivity index (χ1v) is 5.20. The van der Waals surface area contributed by atoms with Gasteiger partial charge in [0.2, 0.25) is 0 Å². The Morgan fingerprint density at radius 2 is 1.77 bits per heavy atom. The minimum atomic E-state index is 0.855. The average molecular weight is 197 g/mol. The van der Waals surface area contributed by atoms with Gasteiger partial charge in [-0.25, -0.2) is 0 Å². The van der Waals surface area contributed by atoms with E-state index >= 15 is 0 Å². The molecule has 0 heterocycles. The van der Waals surface area contributed by atoms with Gasteiger partial charge in [-0.1, -0.05) is 38.0 Å². The standard InChI is InChI=1S/C6H6S.C5H13N/c7-6-4-2-1-3-5-6;1-2-3-4-5-6/h1-5,7H;2-6H2,1H3. The zero-order valence-corrected chi connectivity index (χ0v) is 9.13. The largest absolute Gasteiger partial charge is 0.330 e. The summed E-state index contributed by atoms with van der Waals surface area (Å²) in [5.74, 6) is 0. The SMILES string of the molecule is CCCCCN.Sc1ccccc1. The van der Waals surface area contributed by atoms with Crippen molar-refractivity contribution in [3.63, 3.8) is 0 Å². The highest BCUT2D eigenvalue weighted by molar-refractivity contribution is 7.80. The summed E-state index contributed by atoms with van der Waals surface area (Å²) < 4.78 is 0. The zero-order valence-electron chi connectivity index (χ0n) is 8.24. The number of rotatable bonds is 3. The molecular formula is C11H19NS. The van der Waals surface area contributed by atoms with E-state index in [4.69, 9.17) is 5.73 Å². The molecule has 0 atom stereocenters. The summed E-state index contributed by atoms with van der Waals surface area (Å²) in [5, 5.41) is 0. The molecule has 0 fully saturated rings. The molecule has 2 heteroatoms. The Morgan fingerprint density at radius 3 is 2.00 bits per heavy atom. The fourth-order valence-corrected chi connectivity index (χ4v) is 0.994. The summed E-state index contributed by atoms with van der Waals surface area (Å²) in [6.45, 7) is 3.03. The molecule has 1 aromatic rings. The third kappa shape index (κ3) is 9.44. The summed E-state index contributed by atoms with van der Waals surface area (Å²) >= 11 is 4.08. The maximum absolute atomic E-state index is 5.21. The Balaban J connectivity index is 0.000000226. The van der Waals surface area contributed by atoms with Crippen molar-refractivity contribution >= 4 is 12.6 Å². The number of nitrogens with two attached hydrogens (primary N) is 1. The van der Waals surface area contributed by atoms with Gasteiger partial charge in [-0.3, -0.25) is 0 Å². The van der Waals surface area contributed by atoms with Crippen LogP contribution >= 0.6 is 12.6 Å². The summed E-state index contributed by atoms with van der Waals surface area (Å²) in [4.78, 5) is 1.02. The van der Waals surface area contributed by atoms with Crippen molar-refractivity contribution in [2.24, 2.45) is 5.73 Å². The Labute approximate surface area is 86.8 Å². The van der Waals surface area contributed by atoms with Gasteiger partial charge in [0, 0.05) is 4.90 Å². The third-order valence-electron chi connectivity index (χ3n) is 1.56. The zero-order chi connectivity index (χ0) is 9.94. The minimum absolute atomic E-state index is 0.855. The molecule has 0 radical (unpaired) electrons. The van der Waals surface area contributed by atoms with Crippen LogP contribution in [0.15, 0.2) is 35.2 Å². The summed E-state index contributed by atoms with van der Waals surface area (Å²) in [6.07, 6.45) is 3.75. The van der Waals surface area contributed by atoms with E-state index in [2.05, 4.69) is 19.6 Å². The molecule has 0 bridgehead atoms. The highest BCUT2D eigenvalue weighted by atomic mass is 32.1. The predicted molar refractivity (Wildman–Crippen MR) is 62.3 cm³/mol. The van der Waals surface area contributed by atoms with Crippen LogP contribution in [-0.2, 0) is 0 Å². The molecule has 0 aliphatic carbocycles. The molecule has 2 N–H and O–H groups in total. The maximum atomic E-state index is 5.21. The minimum Gasteiger partial charge on any atom is -0.330 e. The van der Waals surface area contributed by atoms with Gasteiger partial charge in [0.15, 0.2) is 0 Å². The number of hydrogen-bond donors (Lipinski definition) is 2. The van der Waals surface area contributed by atoms with Crippen molar-refractivity contribution < 1.29 is 0 Å². The number of thiol groups is 1. The highest BCUT2D eigenvalue weighted by Gasteiger charge is 1.75. The molecule has 0 amide bonds. The van der Waals surface area contributed by atoms with Crippen LogP contribution in [0.5, 0.6) is 0 Å². The van der Waals surface area contributed by atoms with Crippen molar-refractivity contribution in [1.29, 1.82) is 0 Å². The second kappa shape index (κ2) is 9.62. The van der Waals surface area contributed by atoms with E-state index in [0.29, 0.717) is 0 Å². The molecule has 0 saturated carbocycles. The van der Waals surface area contributed by atoms with Gasteiger partial charge in [0.1, 0.15) is 0 Å². The van der Waals surface area contributed by atoms with Crippen molar-refractivity contribution in [3.8, 4) is 0 Å². The van der Waals surface area contributed by atoms with Gasteiger partial charge in [0.25, 0.3) is 0 Å². The first kappa shape index (κ1) is 12.5. The molecule has 0 aromatic heterocycles. The Morgan fingerprint density at radius 1 is 1.15 bits per heavy atom. The van der Waals surface area contributed by atoms with Crippen LogP contribution in [0.4, 0.5) is 0 Å². The van der Waals surface area contributed by atoms with Crippen molar-refractivity contribution in [2.45, 2.75) is 31.1 Å². The molecule has 0 aliphatic heterocycles. The van der Waals surface area contributed by atoms with Crippen LogP contribution in [-0.4, -0.2) is 6.54 Å². The van der Waals surface area contributed by atoms with Gasteiger partial charge in [0.05, 0.1) is 0 Å². The van der Waals surface area contributed by atoms with Gasteiger partial charge >= 0.3 is 0 Å². The lowest BCUT2D eigenvalue weighted by Gasteiger charge is -1.86. The Hall–Kier alpha value is -0.470. The van der Waals surface area contributed by atoms with E-state index in [1.165, 1.54) is 19.3 Å². The molecule has 1 nitrogen and oxygen atoms in total. The predicted octanol–water partition coefficient (Wildman–Crippen LogP) is 3.11. The lowest BCUT2D eigenvalue weighted by molar-refractivity contribution is 0.727. The molecule has 0 saturated heterocycles. The second-order valence-corrected chi connectivity index (χ2v) is 3.35. The van der Waals surface area contributed by atoms with Crippen LogP contribution in [0.3, 0.4) is 0 Å². The van der Waals surface area contributed by atoms with Crippen LogP contribution < -0.4 is 5.73 Å². The molecular weight excluding hydrogens is 178 g/mol. The van der Waals surface area contributed by atoms with Gasteiger partial charge in [-0.05, 0) is 25.1 Å². The van der Waals surface area contributed by atoms with E-state index in [9.17, 15) is 0 Å². The molecule has 0 aliphatic rings. The van der Waals surface area contributed by atoms with Crippen LogP contribution in [0, 0.1) is 0 Å². The molecule has 13 heavy (non-hydrogen) atoms.